The lowest BCUT2D eigenvalue weighted by molar-refractivity contribution is 0.435. The highest BCUT2D eigenvalue weighted by atomic mass is 16.5. The minimum absolute atomic E-state index is 0.806. The van der Waals surface area contributed by atoms with Crippen molar-refractivity contribution in [3.63, 3.8) is 0 Å². The molecule has 0 unspecified atom stereocenters. The molecule has 0 fully saturated rings. The summed E-state index contributed by atoms with van der Waals surface area (Å²) in [6, 6.07) is 16.4. The molecule has 1 heterocycles. The largest absolute Gasteiger partial charge is 0.356 e. The maximum absolute atomic E-state index is 5.50. The summed E-state index contributed by atoms with van der Waals surface area (Å²) in [6.07, 6.45) is 0. The van der Waals surface area contributed by atoms with Crippen LogP contribution in [0.15, 0.2) is 53.1 Å². The maximum Gasteiger partial charge on any atom is 0.167 e. The lowest BCUT2D eigenvalue weighted by Gasteiger charge is -2.07. The van der Waals surface area contributed by atoms with Crippen LogP contribution in [0.1, 0.15) is 16.7 Å². The Morgan fingerprint density at radius 1 is 0.850 bits per heavy atom. The minimum Gasteiger partial charge on any atom is -0.356 e. The van der Waals surface area contributed by atoms with Gasteiger partial charge in [-0.15, -0.1) is 0 Å². The van der Waals surface area contributed by atoms with Crippen molar-refractivity contribution in [2.45, 2.75) is 20.8 Å². The molecule has 0 aliphatic heterocycles. The van der Waals surface area contributed by atoms with E-state index in [1.165, 1.54) is 22.3 Å². The summed E-state index contributed by atoms with van der Waals surface area (Å²) >= 11 is 0. The van der Waals surface area contributed by atoms with Crippen LogP contribution in [-0.4, -0.2) is 5.16 Å². The zero-order valence-electron chi connectivity index (χ0n) is 12.0. The molecule has 3 aromatic rings. The second-order valence-corrected chi connectivity index (χ2v) is 5.22. The second-order valence-electron chi connectivity index (χ2n) is 5.22. The molecule has 0 radical (unpaired) electrons. The van der Waals surface area contributed by atoms with Crippen LogP contribution in [0.2, 0.25) is 0 Å². The van der Waals surface area contributed by atoms with E-state index < -0.39 is 0 Å². The van der Waals surface area contributed by atoms with Gasteiger partial charge in [-0.2, -0.15) is 0 Å². The number of nitrogens with zero attached hydrogens (tertiary/aromatic N) is 1. The number of aromatic nitrogens is 1. The van der Waals surface area contributed by atoms with Crippen molar-refractivity contribution in [2.24, 2.45) is 0 Å². The molecule has 100 valence electrons. The molecule has 0 saturated heterocycles. The van der Waals surface area contributed by atoms with Crippen LogP contribution >= 0.6 is 0 Å². The van der Waals surface area contributed by atoms with E-state index in [2.05, 4.69) is 38.1 Å². The highest BCUT2D eigenvalue weighted by molar-refractivity contribution is 5.71. The number of hydrogen-bond donors (Lipinski definition) is 0. The third kappa shape index (κ3) is 2.25. The number of rotatable bonds is 2. The van der Waals surface area contributed by atoms with E-state index in [-0.39, 0.29) is 0 Å². The van der Waals surface area contributed by atoms with Crippen molar-refractivity contribution in [1.29, 1.82) is 0 Å². The Labute approximate surface area is 119 Å². The average Bonchev–Trinajstić information content (AvgIpc) is 2.88. The van der Waals surface area contributed by atoms with Crippen LogP contribution < -0.4 is 0 Å². The first-order valence-corrected chi connectivity index (χ1v) is 6.75. The highest BCUT2D eigenvalue weighted by Crippen LogP contribution is 2.30. The third-order valence-electron chi connectivity index (χ3n) is 3.50. The van der Waals surface area contributed by atoms with Crippen LogP contribution in [0.3, 0.4) is 0 Å². The first-order chi connectivity index (χ1) is 9.65. The van der Waals surface area contributed by atoms with Crippen LogP contribution in [0.5, 0.6) is 0 Å². The number of aryl methyl sites for hydroxylation is 3. The van der Waals surface area contributed by atoms with Crippen LogP contribution in [-0.2, 0) is 0 Å². The monoisotopic (exact) mass is 263 g/mol. The summed E-state index contributed by atoms with van der Waals surface area (Å²) in [5, 5.41) is 4.24. The normalized spacial score (nSPS) is 10.8. The van der Waals surface area contributed by atoms with Crippen molar-refractivity contribution in [3.05, 3.63) is 65.2 Å². The molecule has 20 heavy (non-hydrogen) atoms. The average molecular weight is 263 g/mol. The lowest BCUT2D eigenvalue weighted by Crippen LogP contribution is -1.89. The van der Waals surface area contributed by atoms with Gasteiger partial charge in [0, 0.05) is 17.2 Å². The van der Waals surface area contributed by atoms with E-state index in [4.69, 9.17) is 4.52 Å². The van der Waals surface area contributed by atoms with Gasteiger partial charge >= 0.3 is 0 Å². The minimum atomic E-state index is 0.806. The zero-order valence-corrected chi connectivity index (χ0v) is 12.0. The molecule has 3 rings (SSSR count). The summed E-state index contributed by atoms with van der Waals surface area (Å²) < 4.78 is 5.50. The van der Waals surface area contributed by atoms with Crippen molar-refractivity contribution < 1.29 is 4.52 Å². The van der Waals surface area contributed by atoms with Crippen molar-refractivity contribution >= 4 is 0 Å². The molecule has 0 aliphatic carbocycles. The van der Waals surface area contributed by atoms with E-state index in [1.807, 2.05) is 36.4 Å². The van der Waals surface area contributed by atoms with E-state index in [0.29, 0.717) is 0 Å². The van der Waals surface area contributed by atoms with Gasteiger partial charge < -0.3 is 4.52 Å². The van der Waals surface area contributed by atoms with Crippen LogP contribution in [0, 0.1) is 20.8 Å². The Bertz CT molecular complexity index is 718. The van der Waals surface area contributed by atoms with Gasteiger partial charge in [0.1, 0.15) is 5.69 Å². The molecule has 0 spiro atoms. The molecule has 0 amide bonds. The van der Waals surface area contributed by atoms with E-state index >= 15 is 0 Å². The third-order valence-corrected chi connectivity index (χ3v) is 3.50. The molecule has 2 aromatic carbocycles. The Morgan fingerprint density at radius 2 is 1.50 bits per heavy atom. The Hall–Kier alpha value is -2.35. The number of benzene rings is 2. The van der Waals surface area contributed by atoms with Gasteiger partial charge in [0.05, 0.1) is 0 Å². The predicted molar refractivity (Wildman–Crippen MR) is 81.6 cm³/mol. The van der Waals surface area contributed by atoms with Crippen molar-refractivity contribution in [1.82, 2.24) is 5.16 Å². The molecule has 0 aliphatic rings. The standard InChI is InChI=1S/C18H17NO/c1-12-9-13(2)18(14(3)10-12)16-11-17(20-19-16)15-7-5-4-6-8-15/h4-11H,1-3H3. The van der Waals surface area contributed by atoms with Gasteiger partial charge in [-0.1, -0.05) is 53.2 Å². The Morgan fingerprint density at radius 3 is 2.15 bits per heavy atom. The molecule has 0 bridgehead atoms. The molecule has 2 nitrogen and oxygen atoms in total. The van der Waals surface area contributed by atoms with E-state index in [1.54, 1.807) is 0 Å². The van der Waals surface area contributed by atoms with Crippen molar-refractivity contribution in [3.8, 4) is 22.6 Å². The molecule has 0 N–H and O–H groups in total. The molecular formula is C18H17NO. The van der Waals surface area contributed by atoms with Gasteiger partial charge in [0.25, 0.3) is 0 Å². The SMILES string of the molecule is Cc1cc(C)c(-c2cc(-c3ccccc3)on2)c(C)c1. The zero-order chi connectivity index (χ0) is 14.1. The first-order valence-electron chi connectivity index (χ1n) is 6.75. The molecule has 2 heteroatoms. The number of hydrogen-bond acceptors (Lipinski definition) is 2. The van der Waals surface area contributed by atoms with E-state index in [9.17, 15) is 0 Å². The summed E-state index contributed by atoms with van der Waals surface area (Å²) in [6.45, 7) is 6.35. The van der Waals surface area contributed by atoms with Gasteiger partial charge in [0.2, 0.25) is 0 Å². The van der Waals surface area contributed by atoms with Crippen molar-refractivity contribution in [2.75, 3.05) is 0 Å². The fraction of sp³-hybridized carbons (Fsp3) is 0.167. The summed E-state index contributed by atoms with van der Waals surface area (Å²) in [5.41, 5.74) is 6.86. The topological polar surface area (TPSA) is 26.0 Å². The maximum atomic E-state index is 5.50. The summed E-state index contributed by atoms with van der Waals surface area (Å²) in [4.78, 5) is 0. The first kappa shape index (κ1) is 12.7. The van der Waals surface area contributed by atoms with Gasteiger partial charge in [-0.05, 0) is 31.9 Å². The molecular weight excluding hydrogens is 246 g/mol. The molecule has 0 saturated carbocycles. The van der Waals surface area contributed by atoms with Gasteiger partial charge in [-0.3, -0.25) is 0 Å². The second kappa shape index (κ2) is 4.97. The van der Waals surface area contributed by atoms with Gasteiger partial charge in [-0.25, -0.2) is 0 Å². The molecule has 0 atom stereocenters. The smallest absolute Gasteiger partial charge is 0.167 e. The quantitative estimate of drug-likeness (QED) is 0.655. The highest BCUT2D eigenvalue weighted by Gasteiger charge is 2.12. The summed E-state index contributed by atoms with van der Waals surface area (Å²) in [7, 11) is 0. The Balaban J connectivity index is 2.07. The summed E-state index contributed by atoms with van der Waals surface area (Å²) in [5.74, 6) is 0.806. The predicted octanol–water partition coefficient (Wildman–Crippen LogP) is 4.93. The van der Waals surface area contributed by atoms with Crippen LogP contribution in [0.25, 0.3) is 22.6 Å². The fourth-order valence-corrected chi connectivity index (χ4v) is 2.72. The van der Waals surface area contributed by atoms with Gasteiger partial charge in [0.15, 0.2) is 5.76 Å². The van der Waals surface area contributed by atoms with E-state index in [0.717, 1.165) is 17.0 Å². The molecule has 1 aromatic heterocycles. The fourth-order valence-electron chi connectivity index (χ4n) is 2.72. The Kier molecular flexibility index (Phi) is 3.15. The lowest BCUT2D eigenvalue weighted by atomic mass is 9.97. The van der Waals surface area contributed by atoms with Crippen LogP contribution in [0.4, 0.5) is 0 Å².